The molecule has 5 nitrogen and oxygen atoms in total. The molecule has 1 atom stereocenters. The second-order valence-electron chi connectivity index (χ2n) is 3.41. The van der Waals surface area contributed by atoms with Crippen LogP contribution in [0.2, 0.25) is 0 Å². The Kier molecular flexibility index (Phi) is 4.13. The van der Waals surface area contributed by atoms with Crippen molar-refractivity contribution >= 4 is 11.7 Å². The van der Waals surface area contributed by atoms with Gasteiger partial charge in [0.05, 0.1) is 12.3 Å². The van der Waals surface area contributed by atoms with Gasteiger partial charge in [0, 0.05) is 6.42 Å². The van der Waals surface area contributed by atoms with Crippen LogP contribution in [0.3, 0.4) is 0 Å². The van der Waals surface area contributed by atoms with Crippen LogP contribution in [0.25, 0.3) is 0 Å². The van der Waals surface area contributed by atoms with Gasteiger partial charge in [-0.15, -0.1) is 0 Å². The minimum absolute atomic E-state index is 0.197. The molecular weight excluding hydrogens is 208 g/mol. The minimum Gasteiger partial charge on any atom is -0.492 e. The van der Waals surface area contributed by atoms with Gasteiger partial charge >= 0.3 is 5.97 Å². The molecule has 16 heavy (non-hydrogen) atoms. The number of hydrogen-bond donors (Lipinski definition) is 3. The molecule has 1 aromatic carbocycles. The van der Waals surface area contributed by atoms with Crippen LogP contribution < -0.4 is 16.2 Å². The van der Waals surface area contributed by atoms with Crippen molar-refractivity contribution in [2.24, 2.45) is 5.73 Å². The fourth-order valence-electron chi connectivity index (χ4n) is 1.37. The van der Waals surface area contributed by atoms with E-state index in [1.165, 1.54) is 0 Å². The lowest BCUT2D eigenvalue weighted by molar-refractivity contribution is -0.138. The number of benzene rings is 1. The molecule has 1 aromatic rings. The molecule has 0 aromatic heterocycles. The van der Waals surface area contributed by atoms with E-state index in [0.717, 1.165) is 0 Å². The third kappa shape index (κ3) is 2.87. The number of rotatable bonds is 5. The highest BCUT2D eigenvalue weighted by Gasteiger charge is 2.15. The Morgan fingerprint density at radius 3 is 2.81 bits per heavy atom. The normalized spacial score (nSPS) is 12.1. The van der Waals surface area contributed by atoms with Crippen molar-refractivity contribution in [1.29, 1.82) is 0 Å². The first kappa shape index (κ1) is 12.3. The van der Waals surface area contributed by atoms with Crippen molar-refractivity contribution in [3.63, 3.8) is 0 Å². The largest absolute Gasteiger partial charge is 0.492 e. The number of ether oxygens (including phenoxy) is 1. The summed E-state index contributed by atoms with van der Waals surface area (Å²) in [5, 5.41) is 8.71. The van der Waals surface area contributed by atoms with E-state index >= 15 is 0 Å². The highest BCUT2D eigenvalue weighted by molar-refractivity contribution is 5.74. The van der Waals surface area contributed by atoms with Crippen molar-refractivity contribution < 1.29 is 14.6 Å². The number of aliphatic carboxylic acids is 1. The molecule has 0 saturated heterocycles. The Bertz CT molecular complexity index is 379. The van der Waals surface area contributed by atoms with E-state index < -0.39 is 12.0 Å². The van der Waals surface area contributed by atoms with Crippen molar-refractivity contribution in [2.75, 3.05) is 12.3 Å². The number of carboxylic acid groups (broad SMARTS) is 1. The lowest BCUT2D eigenvalue weighted by Crippen LogP contribution is -2.32. The van der Waals surface area contributed by atoms with Crippen LogP contribution in [-0.4, -0.2) is 23.7 Å². The number of nitrogens with two attached hydrogens (primary N) is 2. The standard InChI is InChI=1S/C11H16N2O3/c1-2-16-9-5-3-4-7(10(9)13)6-8(12)11(14)15/h3-5,8H,2,6,12-13H2,1H3,(H,14,15)/t8-/m0/s1. The van der Waals surface area contributed by atoms with Gasteiger partial charge in [0.25, 0.3) is 0 Å². The number of carbonyl (C=O) groups is 1. The van der Waals surface area contributed by atoms with Gasteiger partial charge < -0.3 is 21.3 Å². The predicted molar refractivity (Wildman–Crippen MR) is 61.3 cm³/mol. The van der Waals surface area contributed by atoms with Gasteiger partial charge in [-0.2, -0.15) is 0 Å². The molecule has 88 valence electrons. The van der Waals surface area contributed by atoms with Gasteiger partial charge in [-0.3, -0.25) is 4.79 Å². The van der Waals surface area contributed by atoms with Crippen LogP contribution in [0.5, 0.6) is 5.75 Å². The fraction of sp³-hybridized carbons (Fsp3) is 0.364. The number of nitrogen functional groups attached to an aromatic ring is 1. The van der Waals surface area contributed by atoms with Gasteiger partial charge in [-0.05, 0) is 18.6 Å². The molecule has 0 fully saturated rings. The second kappa shape index (κ2) is 5.37. The van der Waals surface area contributed by atoms with Crippen LogP contribution in [-0.2, 0) is 11.2 Å². The highest BCUT2D eigenvalue weighted by atomic mass is 16.5. The summed E-state index contributed by atoms with van der Waals surface area (Å²) >= 11 is 0. The van der Waals surface area contributed by atoms with E-state index in [-0.39, 0.29) is 6.42 Å². The molecule has 0 aliphatic carbocycles. The van der Waals surface area contributed by atoms with Crippen molar-refractivity contribution in [1.82, 2.24) is 0 Å². The van der Waals surface area contributed by atoms with Gasteiger partial charge in [-0.1, -0.05) is 12.1 Å². The first-order chi connectivity index (χ1) is 7.56. The fourth-order valence-corrected chi connectivity index (χ4v) is 1.37. The summed E-state index contributed by atoms with van der Waals surface area (Å²) in [6.07, 6.45) is 0.197. The monoisotopic (exact) mass is 224 g/mol. The number of hydrogen-bond acceptors (Lipinski definition) is 4. The SMILES string of the molecule is CCOc1cccc(C[C@H](N)C(=O)O)c1N. The van der Waals surface area contributed by atoms with Crippen LogP contribution >= 0.6 is 0 Å². The summed E-state index contributed by atoms with van der Waals surface area (Å²) in [5.74, 6) is -0.473. The Hall–Kier alpha value is -1.75. The number of carboxylic acids is 1. The van der Waals surface area contributed by atoms with E-state index in [2.05, 4.69) is 0 Å². The molecular formula is C11H16N2O3. The third-order valence-electron chi connectivity index (χ3n) is 2.21. The molecule has 0 bridgehead atoms. The van der Waals surface area contributed by atoms with E-state index in [0.29, 0.717) is 23.6 Å². The highest BCUT2D eigenvalue weighted by Crippen LogP contribution is 2.25. The van der Waals surface area contributed by atoms with E-state index in [1.54, 1.807) is 18.2 Å². The Morgan fingerprint density at radius 2 is 2.25 bits per heavy atom. The lowest BCUT2D eigenvalue weighted by atomic mass is 10.0. The zero-order valence-corrected chi connectivity index (χ0v) is 9.14. The predicted octanol–water partition coefficient (Wildman–Crippen LogP) is 0.622. The van der Waals surface area contributed by atoms with Gasteiger partial charge in [-0.25, -0.2) is 0 Å². The molecule has 0 radical (unpaired) electrons. The molecule has 1 rings (SSSR count). The summed E-state index contributed by atoms with van der Waals surface area (Å²) < 4.78 is 5.31. The maximum Gasteiger partial charge on any atom is 0.320 e. The van der Waals surface area contributed by atoms with E-state index in [9.17, 15) is 4.79 Å². The lowest BCUT2D eigenvalue weighted by Gasteiger charge is -2.12. The zero-order chi connectivity index (χ0) is 12.1. The summed E-state index contributed by atoms with van der Waals surface area (Å²) in [4.78, 5) is 10.6. The summed E-state index contributed by atoms with van der Waals surface area (Å²) in [5.41, 5.74) is 12.4. The Balaban J connectivity index is 2.88. The average molecular weight is 224 g/mol. The Labute approximate surface area is 94.0 Å². The Morgan fingerprint density at radius 1 is 1.56 bits per heavy atom. The molecule has 0 saturated carbocycles. The van der Waals surface area contributed by atoms with E-state index in [1.807, 2.05) is 6.92 Å². The number of para-hydroxylation sites is 1. The summed E-state index contributed by atoms with van der Waals surface area (Å²) in [6.45, 7) is 2.37. The van der Waals surface area contributed by atoms with E-state index in [4.69, 9.17) is 21.3 Å². The van der Waals surface area contributed by atoms with Crippen molar-refractivity contribution in [3.05, 3.63) is 23.8 Å². The molecule has 0 aliphatic rings. The average Bonchev–Trinajstić information content (AvgIpc) is 2.24. The molecule has 5 N–H and O–H groups in total. The maximum atomic E-state index is 10.6. The third-order valence-corrected chi connectivity index (χ3v) is 2.21. The zero-order valence-electron chi connectivity index (χ0n) is 9.14. The molecule has 0 unspecified atom stereocenters. The molecule has 5 heteroatoms. The van der Waals surface area contributed by atoms with Gasteiger partial charge in [0.2, 0.25) is 0 Å². The first-order valence-electron chi connectivity index (χ1n) is 5.04. The first-order valence-corrected chi connectivity index (χ1v) is 5.04. The van der Waals surface area contributed by atoms with Gasteiger partial charge in [0.1, 0.15) is 11.8 Å². The molecule has 0 heterocycles. The van der Waals surface area contributed by atoms with Crippen molar-refractivity contribution in [2.45, 2.75) is 19.4 Å². The summed E-state index contributed by atoms with van der Waals surface area (Å²) in [7, 11) is 0. The number of anilines is 1. The quantitative estimate of drug-likeness (QED) is 0.637. The summed E-state index contributed by atoms with van der Waals surface area (Å²) in [6, 6.07) is 4.32. The van der Waals surface area contributed by atoms with Crippen LogP contribution in [0, 0.1) is 0 Å². The maximum absolute atomic E-state index is 10.6. The smallest absolute Gasteiger partial charge is 0.320 e. The topological polar surface area (TPSA) is 98.6 Å². The molecule has 0 spiro atoms. The minimum atomic E-state index is -1.04. The van der Waals surface area contributed by atoms with Crippen LogP contribution in [0.1, 0.15) is 12.5 Å². The molecule has 0 aliphatic heterocycles. The van der Waals surface area contributed by atoms with Crippen molar-refractivity contribution in [3.8, 4) is 5.75 Å². The van der Waals surface area contributed by atoms with Gasteiger partial charge in [0.15, 0.2) is 0 Å². The van der Waals surface area contributed by atoms with Crippen LogP contribution in [0.15, 0.2) is 18.2 Å². The second-order valence-corrected chi connectivity index (χ2v) is 3.41. The molecule has 0 amide bonds. The van der Waals surface area contributed by atoms with Crippen LogP contribution in [0.4, 0.5) is 5.69 Å².